The highest BCUT2D eigenvalue weighted by Crippen LogP contribution is 2.25. The quantitative estimate of drug-likeness (QED) is 0.506. The normalized spacial score (nSPS) is 19.3. The first-order valence-corrected chi connectivity index (χ1v) is 11.9. The highest BCUT2D eigenvalue weighted by Gasteiger charge is 2.23. The van der Waals surface area contributed by atoms with E-state index >= 15 is 0 Å². The average Bonchev–Trinajstić information content (AvgIpc) is 2.65. The van der Waals surface area contributed by atoms with E-state index in [2.05, 4.69) is 19.9 Å². The molecule has 0 unspecified atom stereocenters. The minimum Gasteiger partial charge on any atom is -0.490 e. The number of hydrogen-bond acceptors (Lipinski definition) is 4. The number of para-hydroxylation sites is 1. The van der Waals surface area contributed by atoms with E-state index in [1.807, 2.05) is 30.3 Å². The van der Waals surface area contributed by atoms with Crippen LogP contribution in [0.2, 0.25) is 0 Å². The maximum absolute atomic E-state index is 12.1. The first-order chi connectivity index (χ1) is 13.6. The van der Waals surface area contributed by atoms with Crippen molar-refractivity contribution in [3.05, 3.63) is 30.3 Å². The first kappa shape index (κ1) is 20.9. The van der Waals surface area contributed by atoms with Crippen LogP contribution in [-0.4, -0.2) is 64.4 Å². The van der Waals surface area contributed by atoms with Gasteiger partial charge in [-0.25, -0.2) is 13.1 Å². The number of likely N-dealkylation sites (tertiary alicyclic amines) is 1. The Morgan fingerprint density at radius 1 is 1.18 bits per heavy atom. The zero-order valence-corrected chi connectivity index (χ0v) is 17.5. The van der Waals surface area contributed by atoms with E-state index in [1.54, 1.807) is 7.05 Å². The van der Waals surface area contributed by atoms with Crippen LogP contribution < -0.4 is 14.8 Å². The molecule has 28 heavy (non-hydrogen) atoms. The molecule has 7 nitrogen and oxygen atoms in total. The maximum Gasteiger partial charge on any atom is 0.213 e. The van der Waals surface area contributed by atoms with Crippen LogP contribution in [0.15, 0.2) is 35.3 Å². The third kappa shape index (κ3) is 6.38. The standard InChI is InChI=1S/C20H32N4O3S/c1-21-20(22-12-15-28(25,26)23-16-17-6-5-7-17)24-13-10-19(11-14-24)27-18-8-3-2-4-9-18/h2-4,8-9,17,19,23H,5-7,10-16H2,1H3,(H,21,22). The van der Waals surface area contributed by atoms with Gasteiger partial charge in [-0.1, -0.05) is 24.6 Å². The number of aliphatic imine (C=N–C) groups is 1. The summed E-state index contributed by atoms with van der Waals surface area (Å²) in [6.07, 6.45) is 5.52. The van der Waals surface area contributed by atoms with E-state index < -0.39 is 10.0 Å². The van der Waals surface area contributed by atoms with Crippen molar-refractivity contribution in [3.63, 3.8) is 0 Å². The van der Waals surface area contributed by atoms with Crippen LogP contribution in [0.5, 0.6) is 5.75 Å². The smallest absolute Gasteiger partial charge is 0.213 e. The lowest BCUT2D eigenvalue weighted by molar-refractivity contribution is 0.129. The molecule has 1 aliphatic heterocycles. The Balaban J connectivity index is 1.37. The summed E-state index contributed by atoms with van der Waals surface area (Å²) in [5.74, 6) is 2.25. The predicted octanol–water partition coefficient (Wildman–Crippen LogP) is 1.82. The van der Waals surface area contributed by atoms with Crippen molar-refractivity contribution >= 4 is 16.0 Å². The Kier molecular flexibility index (Phi) is 7.56. The Hall–Kier alpha value is -1.80. The average molecular weight is 409 g/mol. The molecule has 1 saturated carbocycles. The molecule has 0 spiro atoms. The second kappa shape index (κ2) is 10.1. The van der Waals surface area contributed by atoms with Crippen LogP contribution in [0.25, 0.3) is 0 Å². The molecule has 1 saturated heterocycles. The van der Waals surface area contributed by atoms with E-state index in [0.29, 0.717) is 19.0 Å². The molecule has 8 heteroatoms. The number of benzene rings is 1. The van der Waals surface area contributed by atoms with Gasteiger partial charge < -0.3 is 15.0 Å². The van der Waals surface area contributed by atoms with E-state index in [1.165, 1.54) is 6.42 Å². The number of nitrogens with one attached hydrogen (secondary N) is 2. The van der Waals surface area contributed by atoms with Gasteiger partial charge in [0.1, 0.15) is 11.9 Å². The number of hydrogen-bond donors (Lipinski definition) is 2. The fourth-order valence-corrected chi connectivity index (χ4v) is 4.53. The lowest BCUT2D eigenvalue weighted by Gasteiger charge is -2.34. The molecule has 2 fully saturated rings. The highest BCUT2D eigenvalue weighted by molar-refractivity contribution is 7.89. The van der Waals surface area contributed by atoms with Gasteiger partial charge in [-0.2, -0.15) is 0 Å². The van der Waals surface area contributed by atoms with Crippen LogP contribution >= 0.6 is 0 Å². The summed E-state index contributed by atoms with van der Waals surface area (Å²) in [5.41, 5.74) is 0. The summed E-state index contributed by atoms with van der Waals surface area (Å²) in [7, 11) is -1.50. The van der Waals surface area contributed by atoms with Crippen molar-refractivity contribution in [2.24, 2.45) is 10.9 Å². The molecule has 0 aromatic heterocycles. The number of sulfonamides is 1. The van der Waals surface area contributed by atoms with Gasteiger partial charge in [0.15, 0.2) is 5.96 Å². The van der Waals surface area contributed by atoms with Crippen molar-refractivity contribution in [2.75, 3.05) is 39.0 Å². The summed E-state index contributed by atoms with van der Waals surface area (Å²) in [6.45, 7) is 2.60. The van der Waals surface area contributed by atoms with Gasteiger partial charge in [-0.3, -0.25) is 4.99 Å². The van der Waals surface area contributed by atoms with Crippen molar-refractivity contribution in [2.45, 2.75) is 38.2 Å². The zero-order chi connectivity index (χ0) is 19.8. The molecule has 1 aliphatic carbocycles. The summed E-state index contributed by atoms with van der Waals surface area (Å²) >= 11 is 0. The molecule has 0 radical (unpaired) electrons. The van der Waals surface area contributed by atoms with Gasteiger partial charge >= 0.3 is 0 Å². The molecular formula is C20H32N4O3S. The van der Waals surface area contributed by atoms with Crippen molar-refractivity contribution in [1.29, 1.82) is 0 Å². The monoisotopic (exact) mass is 408 g/mol. The Labute approximate surface area is 168 Å². The molecule has 1 aromatic rings. The van der Waals surface area contributed by atoms with Gasteiger partial charge in [0.05, 0.1) is 5.75 Å². The SMILES string of the molecule is CN=C(NCCS(=O)(=O)NCC1CCC1)N1CCC(Oc2ccccc2)CC1. The summed E-state index contributed by atoms with van der Waals surface area (Å²) < 4.78 is 33.0. The topological polar surface area (TPSA) is 83.0 Å². The van der Waals surface area contributed by atoms with Crippen LogP contribution in [-0.2, 0) is 10.0 Å². The van der Waals surface area contributed by atoms with Crippen molar-refractivity contribution in [3.8, 4) is 5.75 Å². The molecular weight excluding hydrogens is 376 g/mol. The van der Waals surface area contributed by atoms with Crippen LogP contribution in [0, 0.1) is 5.92 Å². The minimum absolute atomic E-state index is 0.0618. The molecule has 1 heterocycles. The number of guanidine groups is 1. The van der Waals surface area contributed by atoms with E-state index in [-0.39, 0.29) is 11.9 Å². The fourth-order valence-electron chi connectivity index (χ4n) is 3.52. The van der Waals surface area contributed by atoms with Gasteiger partial charge in [0, 0.05) is 46.1 Å². The largest absolute Gasteiger partial charge is 0.490 e. The zero-order valence-electron chi connectivity index (χ0n) is 16.6. The molecule has 0 atom stereocenters. The fraction of sp³-hybridized carbons (Fsp3) is 0.650. The highest BCUT2D eigenvalue weighted by atomic mass is 32.2. The number of ether oxygens (including phenoxy) is 1. The predicted molar refractivity (Wildman–Crippen MR) is 112 cm³/mol. The summed E-state index contributed by atoms with van der Waals surface area (Å²) in [4.78, 5) is 6.48. The van der Waals surface area contributed by atoms with E-state index in [0.717, 1.165) is 50.5 Å². The number of nitrogens with zero attached hydrogens (tertiary/aromatic N) is 2. The second-order valence-corrected chi connectivity index (χ2v) is 9.48. The summed E-state index contributed by atoms with van der Waals surface area (Å²) in [6, 6.07) is 9.89. The Morgan fingerprint density at radius 3 is 2.50 bits per heavy atom. The Bertz CT molecular complexity index is 727. The molecule has 156 valence electrons. The number of rotatable bonds is 8. The molecule has 1 aromatic carbocycles. The van der Waals surface area contributed by atoms with Gasteiger partial charge in [-0.05, 0) is 30.9 Å². The third-order valence-electron chi connectivity index (χ3n) is 5.47. The molecule has 0 bridgehead atoms. The second-order valence-electron chi connectivity index (χ2n) is 7.56. The molecule has 3 rings (SSSR count). The first-order valence-electron chi connectivity index (χ1n) is 10.2. The van der Waals surface area contributed by atoms with E-state index in [4.69, 9.17) is 4.74 Å². The van der Waals surface area contributed by atoms with Gasteiger partial charge in [0.25, 0.3) is 0 Å². The molecule has 2 aliphatic rings. The molecule has 0 amide bonds. The van der Waals surface area contributed by atoms with Crippen LogP contribution in [0.1, 0.15) is 32.1 Å². The van der Waals surface area contributed by atoms with Crippen LogP contribution in [0.4, 0.5) is 0 Å². The maximum atomic E-state index is 12.1. The van der Waals surface area contributed by atoms with E-state index in [9.17, 15) is 8.42 Å². The summed E-state index contributed by atoms with van der Waals surface area (Å²) in [5, 5.41) is 3.19. The van der Waals surface area contributed by atoms with Crippen molar-refractivity contribution < 1.29 is 13.2 Å². The van der Waals surface area contributed by atoms with Crippen LogP contribution in [0.3, 0.4) is 0 Å². The lowest BCUT2D eigenvalue weighted by atomic mass is 9.86. The van der Waals surface area contributed by atoms with Crippen molar-refractivity contribution in [1.82, 2.24) is 14.9 Å². The number of piperidine rings is 1. The Morgan fingerprint density at radius 2 is 1.89 bits per heavy atom. The van der Waals surface area contributed by atoms with Gasteiger partial charge in [0.2, 0.25) is 10.0 Å². The third-order valence-corrected chi connectivity index (χ3v) is 6.82. The molecule has 2 N–H and O–H groups in total. The minimum atomic E-state index is -3.24. The lowest BCUT2D eigenvalue weighted by Crippen LogP contribution is -2.48. The van der Waals surface area contributed by atoms with Gasteiger partial charge in [-0.15, -0.1) is 0 Å².